The molecular formula is C16H26N2O3. The van der Waals surface area contributed by atoms with Crippen LogP contribution in [0, 0.1) is 5.41 Å². The average Bonchev–Trinajstić information content (AvgIpc) is 2.50. The van der Waals surface area contributed by atoms with Crippen LogP contribution in [-0.4, -0.2) is 55.0 Å². The third kappa shape index (κ3) is 3.31. The molecule has 21 heavy (non-hydrogen) atoms. The van der Waals surface area contributed by atoms with E-state index >= 15 is 0 Å². The standard InChI is InChI=1S/C16H26N2O3/c1-16(2,11-19)15(18-9-7-17-8-10-18)14-12(20)5-4-6-13(14)21-3/h4-6,15,17,19-20H,7-11H2,1-3H3/t15-/m0/s1. The third-order valence-corrected chi connectivity index (χ3v) is 4.20. The summed E-state index contributed by atoms with van der Waals surface area (Å²) in [5.74, 6) is 0.888. The van der Waals surface area contributed by atoms with Crippen LogP contribution in [0.4, 0.5) is 0 Å². The molecule has 1 aliphatic heterocycles. The zero-order valence-electron chi connectivity index (χ0n) is 13.1. The molecule has 0 bridgehead atoms. The number of methoxy groups -OCH3 is 1. The van der Waals surface area contributed by atoms with E-state index in [1.807, 2.05) is 19.9 Å². The Morgan fingerprint density at radius 1 is 1.33 bits per heavy atom. The number of phenols is 1. The molecule has 0 aliphatic carbocycles. The van der Waals surface area contributed by atoms with Crippen LogP contribution in [-0.2, 0) is 0 Å². The van der Waals surface area contributed by atoms with Gasteiger partial charge in [-0.15, -0.1) is 0 Å². The fraction of sp³-hybridized carbons (Fsp3) is 0.625. The van der Waals surface area contributed by atoms with Crippen LogP contribution < -0.4 is 10.1 Å². The molecule has 3 N–H and O–H groups in total. The Morgan fingerprint density at radius 2 is 2.00 bits per heavy atom. The van der Waals surface area contributed by atoms with Crippen LogP contribution in [0.15, 0.2) is 18.2 Å². The quantitative estimate of drug-likeness (QED) is 0.765. The minimum absolute atomic E-state index is 0.0408. The Morgan fingerprint density at radius 3 is 2.57 bits per heavy atom. The number of nitrogens with zero attached hydrogens (tertiary/aromatic N) is 1. The van der Waals surface area contributed by atoms with Crippen molar-refractivity contribution in [1.29, 1.82) is 0 Å². The summed E-state index contributed by atoms with van der Waals surface area (Å²) in [6.45, 7) is 7.66. The van der Waals surface area contributed by atoms with Crippen molar-refractivity contribution in [2.45, 2.75) is 19.9 Å². The highest BCUT2D eigenvalue weighted by Gasteiger charge is 2.38. The summed E-state index contributed by atoms with van der Waals surface area (Å²) in [5, 5.41) is 23.6. The van der Waals surface area contributed by atoms with E-state index in [2.05, 4.69) is 10.2 Å². The molecule has 0 radical (unpaired) electrons. The van der Waals surface area contributed by atoms with Crippen molar-refractivity contribution in [3.63, 3.8) is 0 Å². The molecule has 1 aromatic rings. The second-order valence-corrected chi connectivity index (χ2v) is 6.23. The Labute approximate surface area is 126 Å². The average molecular weight is 294 g/mol. The van der Waals surface area contributed by atoms with E-state index in [4.69, 9.17) is 4.74 Å². The van der Waals surface area contributed by atoms with E-state index in [1.54, 1.807) is 19.2 Å². The van der Waals surface area contributed by atoms with E-state index < -0.39 is 0 Å². The topological polar surface area (TPSA) is 65.0 Å². The minimum atomic E-state index is -0.385. The van der Waals surface area contributed by atoms with E-state index in [0.717, 1.165) is 31.7 Å². The Balaban J connectivity index is 2.49. The van der Waals surface area contributed by atoms with Gasteiger partial charge < -0.3 is 20.3 Å². The highest BCUT2D eigenvalue weighted by Crippen LogP contribution is 2.45. The summed E-state index contributed by atoms with van der Waals surface area (Å²) in [6, 6.07) is 5.22. The molecule has 1 aliphatic rings. The van der Waals surface area contributed by atoms with Crippen molar-refractivity contribution in [3.05, 3.63) is 23.8 Å². The highest BCUT2D eigenvalue weighted by molar-refractivity contribution is 5.47. The SMILES string of the molecule is COc1cccc(O)c1[C@H](N1CCNCC1)C(C)(C)CO. The second-order valence-electron chi connectivity index (χ2n) is 6.23. The molecule has 2 rings (SSSR count). The first kappa shape index (κ1) is 16.1. The van der Waals surface area contributed by atoms with Gasteiger partial charge in [0.05, 0.1) is 12.7 Å². The second kappa shape index (κ2) is 6.64. The first-order valence-corrected chi connectivity index (χ1v) is 7.42. The summed E-state index contributed by atoms with van der Waals surface area (Å²) in [6.07, 6.45) is 0. The molecule has 1 fully saturated rings. The summed E-state index contributed by atoms with van der Waals surface area (Å²) in [4.78, 5) is 2.31. The van der Waals surface area contributed by atoms with E-state index in [1.165, 1.54) is 0 Å². The van der Waals surface area contributed by atoms with Crippen molar-refractivity contribution >= 4 is 0 Å². The molecule has 1 heterocycles. The minimum Gasteiger partial charge on any atom is -0.507 e. The predicted octanol–water partition coefficient (Wildman–Crippen LogP) is 1.37. The molecule has 1 atom stereocenters. The van der Waals surface area contributed by atoms with Gasteiger partial charge in [-0.05, 0) is 12.1 Å². The number of aliphatic hydroxyl groups is 1. The fourth-order valence-corrected chi connectivity index (χ4v) is 3.08. The lowest BCUT2D eigenvalue weighted by molar-refractivity contribution is 0.0280. The number of piperazine rings is 1. The van der Waals surface area contributed by atoms with Gasteiger partial charge >= 0.3 is 0 Å². The zero-order valence-corrected chi connectivity index (χ0v) is 13.1. The third-order valence-electron chi connectivity index (χ3n) is 4.20. The maximum absolute atomic E-state index is 10.4. The number of benzene rings is 1. The normalized spacial score (nSPS) is 18.5. The summed E-state index contributed by atoms with van der Waals surface area (Å²) in [5.41, 5.74) is 0.379. The molecular weight excluding hydrogens is 268 g/mol. The lowest BCUT2D eigenvalue weighted by atomic mass is 9.79. The van der Waals surface area contributed by atoms with Gasteiger partial charge in [0.25, 0.3) is 0 Å². The first-order chi connectivity index (χ1) is 10.0. The Hall–Kier alpha value is -1.30. The molecule has 0 aromatic heterocycles. The number of hydrogen-bond acceptors (Lipinski definition) is 5. The molecule has 0 unspecified atom stereocenters. The zero-order chi connectivity index (χ0) is 15.5. The number of ether oxygens (including phenoxy) is 1. The van der Waals surface area contributed by atoms with Crippen LogP contribution in [0.3, 0.4) is 0 Å². The Kier molecular flexibility index (Phi) is 5.08. The van der Waals surface area contributed by atoms with Crippen molar-refractivity contribution in [1.82, 2.24) is 10.2 Å². The summed E-state index contributed by atoms with van der Waals surface area (Å²) >= 11 is 0. The largest absolute Gasteiger partial charge is 0.507 e. The molecule has 0 amide bonds. The smallest absolute Gasteiger partial charge is 0.127 e. The highest BCUT2D eigenvalue weighted by atomic mass is 16.5. The number of hydrogen-bond donors (Lipinski definition) is 3. The van der Waals surface area contributed by atoms with Gasteiger partial charge in [0.2, 0.25) is 0 Å². The monoisotopic (exact) mass is 294 g/mol. The van der Waals surface area contributed by atoms with Gasteiger partial charge in [-0.2, -0.15) is 0 Å². The molecule has 1 saturated heterocycles. The van der Waals surface area contributed by atoms with Gasteiger partial charge in [-0.3, -0.25) is 4.90 Å². The maximum Gasteiger partial charge on any atom is 0.127 e. The van der Waals surface area contributed by atoms with Gasteiger partial charge in [0.15, 0.2) is 0 Å². The number of nitrogens with one attached hydrogen (secondary N) is 1. The summed E-state index contributed by atoms with van der Waals surface area (Å²) in [7, 11) is 1.61. The molecule has 0 saturated carbocycles. The number of aromatic hydroxyl groups is 1. The first-order valence-electron chi connectivity index (χ1n) is 7.42. The van der Waals surface area contributed by atoms with Crippen LogP contribution >= 0.6 is 0 Å². The molecule has 1 aromatic carbocycles. The molecule has 0 spiro atoms. The van der Waals surface area contributed by atoms with Crippen molar-refractivity contribution in [2.24, 2.45) is 5.41 Å². The van der Waals surface area contributed by atoms with Crippen LogP contribution in [0.5, 0.6) is 11.5 Å². The number of phenolic OH excluding ortho intramolecular Hbond substituents is 1. The molecule has 118 valence electrons. The van der Waals surface area contributed by atoms with E-state index in [9.17, 15) is 10.2 Å². The molecule has 5 nitrogen and oxygen atoms in total. The maximum atomic E-state index is 10.4. The van der Waals surface area contributed by atoms with Crippen LogP contribution in [0.2, 0.25) is 0 Å². The molecule has 5 heteroatoms. The fourth-order valence-electron chi connectivity index (χ4n) is 3.08. The van der Waals surface area contributed by atoms with Gasteiger partial charge in [0.1, 0.15) is 11.5 Å². The lowest BCUT2D eigenvalue weighted by Gasteiger charge is -2.44. The van der Waals surface area contributed by atoms with Gasteiger partial charge in [0, 0.05) is 44.2 Å². The van der Waals surface area contributed by atoms with Gasteiger partial charge in [-0.1, -0.05) is 19.9 Å². The van der Waals surface area contributed by atoms with Crippen molar-refractivity contribution in [2.75, 3.05) is 39.9 Å². The lowest BCUT2D eigenvalue weighted by Crippen LogP contribution is -2.49. The Bertz CT molecular complexity index is 471. The van der Waals surface area contributed by atoms with Crippen molar-refractivity contribution < 1.29 is 14.9 Å². The van der Waals surface area contributed by atoms with E-state index in [0.29, 0.717) is 5.75 Å². The number of rotatable bonds is 5. The van der Waals surface area contributed by atoms with E-state index in [-0.39, 0.29) is 23.8 Å². The summed E-state index contributed by atoms with van der Waals surface area (Å²) < 4.78 is 5.45. The van der Waals surface area contributed by atoms with Crippen molar-refractivity contribution in [3.8, 4) is 11.5 Å². The van der Waals surface area contributed by atoms with Crippen LogP contribution in [0.25, 0.3) is 0 Å². The predicted molar refractivity (Wildman–Crippen MR) is 82.7 cm³/mol. The van der Waals surface area contributed by atoms with Gasteiger partial charge in [-0.25, -0.2) is 0 Å². The van der Waals surface area contributed by atoms with Crippen LogP contribution in [0.1, 0.15) is 25.5 Å². The number of aliphatic hydroxyl groups excluding tert-OH is 1.